The molecule has 148 valence electrons. The summed E-state index contributed by atoms with van der Waals surface area (Å²) in [5.74, 6) is 0.909. The van der Waals surface area contributed by atoms with Crippen molar-refractivity contribution in [2.75, 3.05) is 26.4 Å². The zero-order chi connectivity index (χ0) is 19.3. The number of nitrogens with zero attached hydrogens (tertiary/aromatic N) is 1. The van der Waals surface area contributed by atoms with Gasteiger partial charge in [0.2, 0.25) is 22.7 Å². The first kappa shape index (κ1) is 19.7. The van der Waals surface area contributed by atoms with Gasteiger partial charge in [0, 0.05) is 32.6 Å². The number of rotatable bonds is 8. The third kappa shape index (κ3) is 5.23. The van der Waals surface area contributed by atoms with Gasteiger partial charge in [-0.1, -0.05) is 11.6 Å². The van der Waals surface area contributed by atoms with Gasteiger partial charge in [-0.2, -0.15) is 0 Å². The molecule has 0 saturated heterocycles. The van der Waals surface area contributed by atoms with Crippen molar-refractivity contribution in [3.63, 3.8) is 0 Å². The molecule has 7 nitrogen and oxygen atoms in total. The van der Waals surface area contributed by atoms with Crippen LogP contribution in [0.4, 0.5) is 0 Å². The second-order valence-electron chi connectivity index (χ2n) is 6.78. The minimum Gasteiger partial charge on any atom is -0.454 e. The zero-order valence-corrected chi connectivity index (χ0v) is 16.4. The van der Waals surface area contributed by atoms with Crippen molar-refractivity contribution in [2.24, 2.45) is 0 Å². The molecular weight excluding hydrogens is 368 g/mol. The van der Waals surface area contributed by atoms with E-state index in [2.05, 4.69) is 10.8 Å². The number of carbonyl (C=O) groups excluding carboxylic acids is 1. The lowest BCUT2D eigenvalue weighted by Crippen LogP contribution is -2.38. The maximum atomic E-state index is 12.5. The van der Waals surface area contributed by atoms with E-state index in [1.54, 1.807) is 11.0 Å². The number of allylic oxidation sites excluding steroid dienone is 1. The SMILES string of the molecule is CC(=O)N(CCNS(=O)(=O)c1ccc2c(c1)OCO2)CCC1=CCCCC1. The lowest BCUT2D eigenvalue weighted by Gasteiger charge is -2.23. The van der Waals surface area contributed by atoms with E-state index in [1.807, 2.05) is 0 Å². The molecule has 1 aromatic rings. The quantitative estimate of drug-likeness (QED) is 0.685. The molecule has 0 aromatic heterocycles. The standard InChI is InChI=1S/C19H26N2O5S/c1-15(22)21(11-9-16-5-3-2-4-6-16)12-10-20-27(23,24)17-7-8-18-19(13-17)26-14-25-18/h5,7-8,13,20H,2-4,6,9-12,14H2,1H3. The van der Waals surface area contributed by atoms with E-state index in [9.17, 15) is 13.2 Å². The Morgan fingerprint density at radius 1 is 1.19 bits per heavy atom. The smallest absolute Gasteiger partial charge is 0.240 e. The Morgan fingerprint density at radius 3 is 2.74 bits per heavy atom. The fraction of sp³-hybridized carbons (Fsp3) is 0.526. The second-order valence-corrected chi connectivity index (χ2v) is 8.54. The Kier molecular flexibility index (Phi) is 6.38. The van der Waals surface area contributed by atoms with Crippen molar-refractivity contribution in [1.82, 2.24) is 9.62 Å². The van der Waals surface area contributed by atoms with E-state index in [4.69, 9.17) is 9.47 Å². The number of nitrogens with one attached hydrogen (secondary N) is 1. The van der Waals surface area contributed by atoms with Crippen LogP contribution in [0.1, 0.15) is 39.0 Å². The first-order valence-corrected chi connectivity index (χ1v) is 10.8. The van der Waals surface area contributed by atoms with Crippen LogP contribution in [0.2, 0.25) is 0 Å². The Morgan fingerprint density at radius 2 is 2.00 bits per heavy atom. The Balaban J connectivity index is 1.52. The van der Waals surface area contributed by atoms with Gasteiger partial charge >= 0.3 is 0 Å². The summed E-state index contributed by atoms with van der Waals surface area (Å²) >= 11 is 0. The van der Waals surface area contributed by atoms with Gasteiger partial charge in [0.15, 0.2) is 11.5 Å². The van der Waals surface area contributed by atoms with E-state index in [1.165, 1.54) is 37.5 Å². The molecule has 0 unspecified atom stereocenters. The highest BCUT2D eigenvalue weighted by molar-refractivity contribution is 7.89. The predicted molar refractivity (Wildman–Crippen MR) is 101 cm³/mol. The molecule has 1 aliphatic carbocycles. The van der Waals surface area contributed by atoms with E-state index in [0.717, 1.165) is 19.3 Å². The van der Waals surface area contributed by atoms with E-state index in [0.29, 0.717) is 24.6 Å². The lowest BCUT2D eigenvalue weighted by atomic mass is 9.97. The van der Waals surface area contributed by atoms with Crippen molar-refractivity contribution in [3.05, 3.63) is 29.8 Å². The number of benzene rings is 1. The number of sulfonamides is 1. The van der Waals surface area contributed by atoms with Crippen molar-refractivity contribution < 1.29 is 22.7 Å². The number of carbonyl (C=O) groups is 1. The second kappa shape index (κ2) is 8.75. The molecule has 0 radical (unpaired) electrons. The maximum absolute atomic E-state index is 12.5. The number of fused-ring (bicyclic) bond motifs is 1. The molecule has 0 spiro atoms. The maximum Gasteiger partial charge on any atom is 0.240 e. The van der Waals surface area contributed by atoms with Gasteiger partial charge in [0.25, 0.3) is 0 Å². The van der Waals surface area contributed by atoms with Crippen LogP contribution < -0.4 is 14.2 Å². The van der Waals surface area contributed by atoms with Gasteiger partial charge in [0.1, 0.15) is 0 Å². The molecule has 1 amide bonds. The summed E-state index contributed by atoms with van der Waals surface area (Å²) in [6.45, 7) is 2.73. The minimum absolute atomic E-state index is 0.0475. The van der Waals surface area contributed by atoms with Crippen LogP contribution in [0.5, 0.6) is 11.5 Å². The molecule has 1 heterocycles. The summed E-state index contributed by atoms with van der Waals surface area (Å²) in [6, 6.07) is 4.51. The molecule has 1 aliphatic heterocycles. The van der Waals surface area contributed by atoms with Crippen LogP contribution >= 0.6 is 0 Å². The molecular formula is C19H26N2O5S. The highest BCUT2D eigenvalue weighted by atomic mass is 32.2. The Hall–Kier alpha value is -2.06. The molecule has 3 rings (SSSR count). The summed E-state index contributed by atoms with van der Waals surface area (Å²) in [4.78, 5) is 13.7. The molecule has 1 N–H and O–H groups in total. The van der Waals surface area contributed by atoms with Crippen LogP contribution in [0, 0.1) is 0 Å². The van der Waals surface area contributed by atoms with Gasteiger partial charge in [-0.3, -0.25) is 4.79 Å². The van der Waals surface area contributed by atoms with E-state index >= 15 is 0 Å². The topological polar surface area (TPSA) is 84.9 Å². The summed E-state index contributed by atoms with van der Waals surface area (Å²) < 4.78 is 37.9. The highest BCUT2D eigenvalue weighted by Gasteiger charge is 2.20. The third-order valence-corrected chi connectivity index (χ3v) is 6.32. The molecule has 0 atom stereocenters. The number of hydrogen-bond acceptors (Lipinski definition) is 5. The van der Waals surface area contributed by atoms with Gasteiger partial charge in [0.05, 0.1) is 4.90 Å². The van der Waals surface area contributed by atoms with Crippen molar-refractivity contribution in [3.8, 4) is 11.5 Å². The van der Waals surface area contributed by atoms with Crippen molar-refractivity contribution >= 4 is 15.9 Å². The molecule has 8 heteroatoms. The molecule has 2 aliphatic rings. The lowest BCUT2D eigenvalue weighted by molar-refractivity contribution is -0.128. The van der Waals surface area contributed by atoms with Crippen LogP contribution in [0.3, 0.4) is 0 Å². The molecule has 1 aromatic carbocycles. The summed E-state index contributed by atoms with van der Waals surface area (Å²) in [6.07, 6.45) is 7.79. The summed E-state index contributed by atoms with van der Waals surface area (Å²) in [5.41, 5.74) is 1.40. The van der Waals surface area contributed by atoms with E-state index in [-0.39, 0.29) is 24.1 Å². The van der Waals surface area contributed by atoms with Gasteiger partial charge in [-0.05, 0) is 44.2 Å². The molecule has 0 fully saturated rings. The Labute approximate surface area is 160 Å². The number of hydrogen-bond donors (Lipinski definition) is 1. The van der Waals surface area contributed by atoms with Gasteiger partial charge < -0.3 is 14.4 Å². The monoisotopic (exact) mass is 394 g/mol. The minimum atomic E-state index is -3.67. The molecule has 27 heavy (non-hydrogen) atoms. The van der Waals surface area contributed by atoms with Gasteiger partial charge in [-0.25, -0.2) is 13.1 Å². The molecule has 0 bridgehead atoms. The molecule has 0 saturated carbocycles. The fourth-order valence-corrected chi connectivity index (χ4v) is 4.32. The van der Waals surface area contributed by atoms with E-state index < -0.39 is 10.0 Å². The largest absolute Gasteiger partial charge is 0.454 e. The first-order chi connectivity index (χ1) is 13.0. The summed E-state index contributed by atoms with van der Waals surface area (Å²) in [7, 11) is -3.67. The van der Waals surface area contributed by atoms with Crippen molar-refractivity contribution in [1.29, 1.82) is 0 Å². The van der Waals surface area contributed by atoms with Crippen LogP contribution in [-0.4, -0.2) is 45.7 Å². The average molecular weight is 394 g/mol. The first-order valence-electron chi connectivity index (χ1n) is 9.28. The van der Waals surface area contributed by atoms with Gasteiger partial charge in [-0.15, -0.1) is 0 Å². The normalized spacial score (nSPS) is 16.1. The fourth-order valence-electron chi connectivity index (χ4n) is 3.28. The number of amides is 1. The van der Waals surface area contributed by atoms with Crippen LogP contribution in [-0.2, 0) is 14.8 Å². The highest BCUT2D eigenvalue weighted by Crippen LogP contribution is 2.33. The van der Waals surface area contributed by atoms with Crippen LogP contribution in [0.15, 0.2) is 34.7 Å². The average Bonchev–Trinajstić information content (AvgIpc) is 3.13. The van der Waals surface area contributed by atoms with Crippen molar-refractivity contribution in [2.45, 2.75) is 43.9 Å². The van der Waals surface area contributed by atoms with Crippen LogP contribution in [0.25, 0.3) is 0 Å². The predicted octanol–water partition coefficient (Wildman–Crippen LogP) is 2.43. The Bertz CT molecular complexity index is 819. The number of ether oxygens (including phenoxy) is 2. The third-order valence-electron chi connectivity index (χ3n) is 4.86. The summed E-state index contributed by atoms with van der Waals surface area (Å²) in [5, 5.41) is 0. The zero-order valence-electron chi connectivity index (χ0n) is 15.6.